The van der Waals surface area contributed by atoms with Crippen LogP contribution in [0.25, 0.3) is 0 Å². The first-order chi connectivity index (χ1) is 10.2. The number of hydrogen-bond acceptors (Lipinski definition) is 2. The lowest BCUT2D eigenvalue weighted by Crippen LogP contribution is -2.62. The third-order valence-corrected chi connectivity index (χ3v) is 5.58. The number of rotatable bonds is 4. The Labute approximate surface area is 129 Å². The highest BCUT2D eigenvalue weighted by Gasteiger charge is 2.40. The molecule has 1 aromatic carbocycles. The molecule has 116 valence electrons. The van der Waals surface area contributed by atoms with E-state index in [1.807, 2.05) is 0 Å². The fourth-order valence-corrected chi connectivity index (χ4v) is 4.13. The topological polar surface area (TPSA) is 15.3 Å². The van der Waals surface area contributed by atoms with E-state index in [-0.39, 0.29) is 0 Å². The van der Waals surface area contributed by atoms with E-state index in [1.54, 1.807) is 0 Å². The summed E-state index contributed by atoms with van der Waals surface area (Å²) in [5, 5.41) is 3.89. The van der Waals surface area contributed by atoms with Gasteiger partial charge in [0.25, 0.3) is 0 Å². The van der Waals surface area contributed by atoms with E-state index in [4.69, 9.17) is 0 Å². The van der Waals surface area contributed by atoms with Gasteiger partial charge in [0.2, 0.25) is 0 Å². The number of hydrogen-bond donors (Lipinski definition) is 1. The van der Waals surface area contributed by atoms with Crippen LogP contribution in [0.15, 0.2) is 24.3 Å². The quantitative estimate of drug-likeness (QED) is 0.907. The molecule has 1 saturated carbocycles. The van der Waals surface area contributed by atoms with Crippen molar-refractivity contribution in [2.75, 3.05) is 13.1 Å². The van der Waals surface area contributed by atoms with Crippen LogP contribution in [-0.2, 0) is 13.0 Å². The third kappa shape index (κ3) is 3.32. The van der Waals surface area contributed by atoms with E-state index in [0.717, 1.165) is 13.0 Å². The van der Waals surface area contributed by atoms with Gasteiger partial charge in [0, 0.05) is 31.2 Å². The molecule has 1 saturated heterocycles. The number of piperazine rings is 1. The lowest BCUT2D eigenvalue weighted by atomic mass is 9.91. The van der Waals surface area contributed by atoms with E-state index in [9.17, 15) is 0 Å². The van der Waals surface area contributed by atoms with Crippen LogP contribution >= 0.6 is 0 Å². The maximum absolute atomic E-state index is 3.89. The van der Waals surface area contributed by atoms with E-state index in [0.29, 0.717) is 11.6 Å². The first-order valence-electron chi connectivity index (χ1n) is 8.81. The highest BCUT2D eigenvalue weighted by Crippen LogP contribution is 2.34. The van der Waals surface area contributed by atoms with Gasteiger partial charge in [-0.05, 0) is 36.8 Å². The zero-order chi connectivity index (χ0) is 14.7. The van der Waals surface area contributed by atoms with Gasteiger partial charge >= 0.3 is 0 Å². The SMILES string of the molecule is CCc1ccc(CN2CC3(CCCC3)NCC2CC)cc1. The predicted octanol–water partition coefficient (Wildman–Crippen LogP) is 3.75. The molecule has 2 heteroatoms. The van der Waals surface area contributed by atoms with Crippen LogP contribution in [0.5, 0.6) is 0 Å². The summed E-state index contributed by atoms with van der Waals surface area (Å²) in [6, 6.07) is 9.94. The molecule has 1 aromatic rings. The molecular formula is C19H30N2. The Morgan fingerprint density at radius 3 is 2.38 bits per heavy atom. The van der Waals surface area contributed by atoms with Gasteiger partial charge in [-0.1, -0.05) is 51.0 Å². The molecule has 1 spiro atoms. The monoisotopic (exact) mass is 286 g/mol. The van der Waals surface area contributed by atoms with Gasteiger partial charge in [-0.3, -0.25) is 4.90 Å². The highest BCUT2D eigenvalue weighted by molar-refractivity contribution is 5.22. The molecule has 1 aliphatic heterocycles. The van der Waals surface area contributed by atoms with E-state index in [2.05, 4.69) is 48.3 Å². The first-order valence-corrected chi connectivity index (χ1v) is 8.81. The Balaban J connectivity index is 1.70. The largest absolute Gasteiger partial charge is 0.308 e. The Kier molecular flexibility index (Phi) is 4.66. The molecule has 0 radical (unpaired) electrons. The van der Waals surface area contributed by atoms with Gasteiger partial charge in [-0.25, -0.2) is 0 Å². The summed E-state index contributed by atoms with van der Waals surface area (Å²) in [7, 11) is 0. The third-order valence-electron chi connectivity index (χ3n) is 5.58. The first kappa shape index (κ1) is 15.1. The molecule has 2 nitrogen and oxygen atoms in total. The van der Waals surface area contributed by atoms with E-state index < -0.39 is 0 Å². The zero-order valence-electron chi connectivity index (χ0n) is 13.7. The fourth-order valence-electron chi connectivity index (χ4n) is 4.13. The maximum Gasteiger partial charge on any atom is 0.0309 e. The smallest absolute Gasteiger partial charge is 0.0309 e. The van der Waals surface area contributed by atoms with Gasteiger partial charge in [0.05, 0.1) is 0 Å². The molecule has 3 rings (SSSR count). The fraction of sp³-hybridized carbons (Fsp3) is 0.684. The molecule has 2 fully saturated rings. The second-order valence-electron chi connectivity index (χ2n) is 7.01. The summed E-state index contributed by atoms with van der Waals surface area (Å²) in [6.45, 7) is 8.07. The zero-order valence-corrected chi connectivity index (χ0v) is 13.7. The van der Waals surface area contributed by atoms with E-state index >= 15 is 0 Å². The second kappa shape index (κ2) is 6.50. The van der Waals surface area contributed by atoms with Crippen molar-refractivity contribution in [3.8, 4) is 0 Å². The highest BCUT2D eigenvalue weighted by atomic mass is 15.3. The average Bonchev–Trinajstić information content (AvgIpc) is 2.96. The van der Waals surface area contributed by atoms with Crippen LogP contribution in [0, 0.1) is 0 Å². The van der Waals surface area contributed by atoms with Crippen molar-refractivity contribution < 1.29 is 0 Å². The Bertz CT molecular complexity index is 445. The van der Waals surface area contributed by atoms with Gasteiger partial charge in [0.1, 0.15) is 0 Å². The molecule has 0 bridgehead atoms. The number of nitrogens with zero attached hydrogens (tertiary/aromatic N) is 1. The van der Waals surface area contributed by atoms with E-state index in [1.165, 1.54) is 56.3 Å². The van der Waals surface area contributed by atoms with Gasteiger partial charge < -0.3 is 5.32 Å². The Morgan fingerprint density at radius 1 is 1.10 bits per heavy atom. The predicted molar refractivity (Wildman–Crippen MR) is 89.5 cm³/mol. The van der Waals surface area contributed by atoms with Crippen LogP contribution < -0.4 is 5.32 Å². The van der Waals surface area contributed by atoms with Gasteiger partial charge in [0.15, 0.2) is 0 Å². The molecule has 0 aromatic heterocycles. The normalized spacial score (nSPS) is 25.5. The minimum atomic E-state index is 0.426. The summed E-state index contributed by atoms with van der Waals surface area (Å²) in [5.41, 5.74) is 3.34. The summed E-state index contributed by atoms with van der Waals surface area (Å²) < 4.78 is 0. The summed E-state index contributed by atoms with van der Waals surface area (Å²) in [6.07, 6.45) is 7.93. The Hall–Kier alpha value is -0.860. The average molecular weight is 286 g/mol. The van der Waals surface area contributed by atoms with Crippen molar-refractivity contribution in [3.05, 3.63) is 35.4 Å². The number of benzene rings is 1. The Morgan fingerprint density at radius 2 is 1.76 bits per heavy atom. The van der Waals surface area contributed by atoms with Crippen molar-refractivity contribution in [2.24, 2.45) is 0 Å². The minimum absolute atomic E-state index is 0.426. The van der Waals surface area contributed by atoms with Crippen LogP contribution in [0.2, 0.25) is 0 Å². The number of aryl methyl sites for hydroxylation is 1. The standard InChI is InChI=1S/C19H30N2/c1-3-16-7-9-17(10-8-16)14-21-15-19(11-5-6-12-19)20-13-18(21)4-2/h7-10,18,20H,3-6,11-15H2,1-2H3. The molecule has 21 heavy (non-hydrogen) atoms. The molecular weight excluding hydrogens is 256 g/mol. The maximum atomic E-state index is 3.89. The molecule has 1 heterocycles. The van der Waals surface area contributed by atoms with Crippen LogP contribution in [-0.4, -0.2) is 29.6 Å². The molecule has 1 aliphatic carbocycles. The minimum Gasteiger partial charge on any atom is -0.308 e. The lowest BCUT2D eigenvalue weighted by molar-refractivity contribution is 0.0718. The second-order valence-corrected chi connectivity index (χ2v) is 7.01. The van der Waals surface area contributed by atoms with Crippen molar-refractivity contribution >= 4 is 0 Å². The summed E-state index contributed by atoms with van der Waals surface area (Å²) in [5.74, 6) is 0. The molecule has 0 amide bonds. The molecule has 2 aliphatic rings. The van der Waals surface area contributed by atoms with Crippen molar-refractivity contribution in [3.63, 3.8) is 0 Å². The molecule has 1 atom stereocenters. The summed E-state index contributed by atoms with van der Waals surface area (Å²) >= 11 is 0. The van der Waals surface area contributed by atoms with Gasteiger partial charge in [-0.15, -0.1) is 0 Å². The van der Waals surface area contributed by atoms with Crippen LogP contribution in [0.4, 0.5) is 0 Å². The van der Waals surface area contributed by atoms with Gasteiger partial charge in [-0.2, -0.15) is 0 Å². The molecule has 1 unspecified atom stereocenters. The molecule has 1 N–H and O–H groups in total. The summed E-state index contributed by atoms with van der Waals surface area (Å²) in [4.78, 5) is 2.74. The van der Waals surface area contributed by atoms with Crippen molar-refractivity contribution in [1.82, 2.24) is 10.2 Å². The lowest BCUT2D eigenvalue weighted by Gasteiger charge is -2.46. The van der Waals surface area contributed by atoms with Crippen molar-refractivity contribution in [1.29, 1.82) is 0 Å². The number of nitrogens with one attached hydrogen (secondary N) is 1. The van der Waals surface area contributed by atoms with Crippen LogP contribution in [0.3, 0.4) is 0 Å². The van der Waals surface area contributed by atoms with Crippen molar-refractivity contribution in [2.45, 2.75) is 70.5 Å². The van der Waals surface area contributed by atoms with Crippen LogP contribution in [0.1, 0.15) is 57.1 Å².